The first-order valence-electron chi connectivity index (χ1n) is 13.8. The number of methoxy groups -OCH3 is 1. The van der Waals surface area contributed by atoms with Gasteiger partial charge >= 0.3 is 0 Å². The molecule has 0 radical (unpaired) electrons. The van der Waals surface area contributed by atoms with E-state index in [-0.39, 0.29) is 29.5 Å². The number of anilines is 1. The average Bonchev–Trinajstić information content (AvgIpc) is 3.02. The summed E-state index contributed by atoms with van der Waals surface area (Å²) in [6.45, 7) is 1.74. The highest BCUT2D eigenvalue weighted by atomic mass is 79.9. The van der Waals surface area contributed by atoms with Crippen molar-refractivity contribution in [3.05, 3.63) is 125 Å². The molecule has 0 aromatic heterocycles. The van der Waals surface area contributed by atoms with Crippen molar-refractivity contribution in [2.45, 2.75) is 30.8 Å². The minimum Gasteiger partial charge on any atom is -0.497 e. The number of sulfonamides is 1. The lowest BCUT2D eigenvalue weighted by atomic mass is 10.0. The van der Waals surface area contributed by atoms with Crippen molar-refractivity contribution >= 4 is 43.5 Å². The quantitative estimate of drug-likeness (QED) is 0.206. The van der Waals surface area contributed by atoms with Crippen LogP contribution < -0.4 is 14.4 Å². The van der Waals surface area contributed by atoms with Crippen LogP contribution >= 0.6 is 15.9 Å². The van der Waals surface area contributed by atoms with Crippen molar-refractivity contribution in [3.63, 3.8) is 0 Å². The third-order valence-corrected chi connectivity index (χ3v) is 9.10. The molecule has 0 spiro atoms. The molecule has 0 unspecified atom stereocenters. The number of nitrogens with one attached hydrogen (secondary N) is 1. The van der Waals surface area contributed by atoms with Gasteiger partial charge in [0.1, 0.15) is 18.3 Å². The Morgan fingerprint density at radius 2 is 1.51 bits per heavy atom. The molecule has 10 heteroatoms. The number of likely N-dealkylation sites (N-methyl/N-ethyl adjacent to an activating group) is 1. The van der Waals surface area contributed by atoms with E-state index in [2.05, 4.69) is 21.2 Å². The third-order valence-electron chi connectivity index (χ3n) is 6.82. The van der Waals surface area contributed by atoms with Gasteiger partial charge in [0.25, 0.3) is 10.0 Å². The number of halogens is 1. The van der Waals surface area contributed by atoms with Crippen LogP contribution in [0.3, 0.4) is 0 Å². The second-order valence-electron chi connectivity index (χ2n) is 9.78. The molecule has 0 heterocycles. The Balaban J connectivity index is 1.80. The van der Waals surface area contributed by atoms with E-state index in [0.29, 0.717) is 12.3 Å². The van der Waals surface area contributed by atoms with E-state index in [0.717, 1.165) is 19.9 Å². The van der Waals surface area contributed by atoms with E-state index in [1.807, 2.05) is 61.5 Å². The fourth-order valence-electron chi connectivity index (χ4n) is 4.69. The minimum absolute atomic E-state index is 0.0359. The summed E-state index contributed by atoms with van der Waals surface area (Å²) >= 11 is 3.49. The van der Waals surface area contributed by atoms with E-state index in [1.54, 1.807) is 42.5 Å². The number of amides is 2. The summed E-state index contributed by atoms with van der Waals surface area (Å²) in [6.07, 6.45) is 0.247. The summed E-state index contributed by atoms with van der Waals surface area (Å²) in [6, 6.07) is 30.5. The molecule has 0 aliphatic rings. The molecule has 224 valence electrons. The first-order valence-corrected chi connectivity index (χ1v) is 16.0. The number of carbonyl (C=O) groups is 2. The zero-order valence-electron chi connectivity index (χ0n) is 24.0. The standard InChI is InChI=1S/C33H34BrN3O5S/c1-3-35-33(39)31(21-25-12-6-4-7-13-25)36(23-26-14-10-15-27(34)20-26)32(38)24-37(28-16-11-17-29(22-28)42-2)43(40,41)30-18-8-5-9-19-30/h4-20,22,31H,3,21,23-24H2,1-2H3,(H,35,39)/t31-/m0/s1. The van der Waals surface area contributed by atoms with Crippen LogP contribution in [0.2, 0.25) is 0 Å². The van der Waals surface area contributed by atoms with Gasteiger partial charge in [0.15, 0.2) is 0 Å². The third kappa shape index (κ3) is 8.24. The second-order valence-corrected chi connectivity index (χ2v) is 12.6. The number of hydrogen-bond donors (Lipinski definition) is 1. The van der Waals surface area contributed by atoms with Crippen LogP contribution in [0.25, 0.3) is 0 Å². The number of benzene rings is 4. The van der Waals surface area contributed by atoms with Crippen molar-refractivity contribution in [2.24, 2.45) is 0 Å². The molecular weight excluding hydrogens is 630 g/mol. The van der Waals surface area contributed by atoms with Gasteiger partial charge in [-0.1, -0.05) is 82.7 Å². The predicted octanol–water partition coefficient (Wildman–Crippen LogP) is 5.43. The van der Waals surface area contributed by atoms with Gasteiger partial charge < -0.3 is 15.0 Å². The Hall–Kier alpha value is -4.15. The van der Waals surface area contributed by atoms with E-state index >= 15 is 0 Å². The second kappa shape index (κ2) is 14.8. The topological polar surface area (TPSA) is 96.0 Å². The maximum Gasteiger partial charge on any atom is 0.264 e. The molecule has 0 fully saturated rings. The smallest absolute Gasteiger partial charge is 0.264 e. The van der Waals surface area contributed by atoms with Crippen LogP contribution in [0.5, 0.6) is 5.75 Å². The van der Waals surface area contributed by atoms with Crippen LogP contribution in [0.1, 0.15) is 18.1 Å². The summed E-state index contributed by atoms with van der Waals surface area (Å²) < 4.78 is 35.3. The van der Waals surface area contributed by atoms with E-state index in [4.69, 9.17) is 4.74 Å². The van der Waals surface area contributed by atoms with Gasteiger partial charge in [-0.05, 0) is 54.4 Å². The Bertz CT molecular complexity index is 1630. The number of nitrogens with zero attached hydrogens (tertiary/aromatic N) is 2. The molecule has 8 nitrogen and oxygen atoms in total. The van der Waals surface area contributed by atoms with Crippen LogP contribution in [-0.2, 0) is 32.6 Å². The van der Waals surface area contributed by atoms with Crippen molar-refractivity contribution in [3.8, 4) is 5.75 Å². The largest absolute Gasteiger partial charge is 0.497 e. The maximum absolute atomic E-state index is 14.4. The summed E-state index contributed by atoms with van der Waals surface area (Å²) in [5, 5.41) is 2.86. The molecular formula is C33H34BrN3O5S. The van der Waals surface area contributed by atoms with E-state index < -0.39 is 28.5 Å². The lowest BCUT2D eigenvalue weighted by Gasteiger charge is -2.34. The van der Waals surface area contributed by atoms with Gasteiger partial charge in [-0.3, -0.25) is 13.9 Å². The minimum atomic E-state index is -4.18. The monoisotopic (exact) mass is 663 g/mol. The van der Waals surface area contributed by atoms with E-state index in [1.165, 1.54) is 24.1 Å². The van der Waals surface area contributed by atoms with Crippen LogP contribution in [0.4, 0.5) is 5.69 Å². The maximum atomic E-state index is 14.4. The molecule has 1 N–H and O–H groups in total. The highest BCUT2D eigenvalue weighted by Crippen LogP contribution is 2.28. The molecule has 0 aliphatic heterocycles. The number of rotatable bonds is 13. The molecule has 0 saturated heterocycles. The zero-order chi connectivity index (χ0) is 30.8. The molecule has 0 saturated carbocycles. The predicted molar refractivity (Wildman–Crippen MR) is 171 cm³/mol. The Morgan fingerprint density at radius 3 is 2.16 bits per heavy atom. The molecule has 4 aromatic rings. The van der Waals surface area contributed by atoms with Gasteiger partial charge in [0, 0.05) is 30.0 Å². The lowest BCUT2D eigenvalue weighted by Crippen LogP contribution is -2.53. The summed E-state index contributed by atoms with van der Waals surface area (Å²) in [7, 11) is -2.69. The number of hydrogen-bond acceptors (Lipinski definition) is 5. The molecule has 0 bridgehead atoms. The van der Waals surface area contributed by atoms with Crippen molar-refractivity contribution in [1.82, 2.24) is 10.2 Å². The Labute approximate surface area is 261 Å². The van der Waals surface area contributed by atoms with Gasteiger partial charge in [-0.15, -0.1) is 0 Å². The summed E-state index contributed by atoms with van der Waals surface area (Å²) in [5.74, 6) is -0.420. The van der Waals surface area contributed by atoms with Crippen LogP contribution in [-0.4, -0.2) is 51.4 Å². The SMILES string of the molecule is CCNC(=O)[C@H](Cc1ccccc1)N(Cc1cccc(Br)c1)C(=O)CN(c1cccc(OC)c1)S(=O)(=O)c1ccccc1. The number of carbonyl (C=O) groups excluding carboxylic acids is 2. The highest BCUT2D eigenvalue weighted by molar-refractivity contribution is 9.10. The first kappa shape index (κ1) is 31.8. The highest BCUT2D eigenvalue weighted by Gasteiger charge is 2.34. The van der Waals surface area contributed by atoms with Gasteiger partial charge in [0.05, 0.1) is 17.7 Å². The van der Waals surface area contributed by atoms with Crippen LogP contribution in [0, 0.1) is 0 Å². The fourth-order valence-corrected chi connectivity index (χ4v) is 6.57. The van der Waals surface area contributed by atoms with Crippen molar-refractivity contribution < 1.29 is 22.7 Å². The molecule has 1 atom stereocenters. The zero-order valence-corrected chi connectivity index (χ0v) is 26.4. The van der Waals surface area contributed by atoms with Crippen LogP contribution in [0.15, 0.2) is 119 Å². The Kier molecular flexibility index (Phi) is 11.0. The normalized spacial score (nSPS) is 11.8. The fraction of sp³-hybridized carbons (Fsp3) is 0.212. The molecule has 4 rings (SSSR count). The molecule has 0 aliphatic carbocycles. The van der Waals surface area contributed by atoms with Crippen molar-refractivity contribution in [1.29, 1.82) is 0 Å². The van der Waals surface area contributed by atoms with Gasteiger partial charge in [-0.25, -0.2) is 8.42 Å². The molecule has 43 heavy (non-hydrogen) atoms. The summed E-state index contributed by atoms with van der Waals surface area (Å²) in [5.41, 5.74) is 1.91. The van der Waals surface area contributed by atoms with Crippen molar-refractivity contribution in [2.75, 3.05) is 24.5 Å². The summed E-state index contributed by atoms with van der Waals surface area (Å²) in [4.78, 5) is 29.4. The lowest BCUT2D eigenvalue weighted by molar-refractivity contribution is -0.140. The molecule has 4 aromatic carbocycles. The molecule has 2 amide bonds. The first-order chi connectivity index (χ1) is 20.7. The van der Waals surface area contributed by atoms with Gasteiger partial charge in [0.2, 0.25) is 11.8 Å². The Morgan fingerprint density at radius 1 is 0.860 bits per heavy atom. The van der Waals surface area contributed by atoms with Gasteiger partial charge in [-0.2, -0.15) is 0 Å². The number of ether oxygens (including phenoxy) is 1. The van der Waals surface area contributed by atoms with E-state index in [9.17, 15) is 18.0 Å². The average molecular weight is 665 g/mol.